The van der Waals surface area contributed by atoms with Gasteiger partial charge >= 0.3 is 5.97 Å². The molecule has 130 valence electrons. The second-order valence-corrected chi connectivity index (χ2v) is 7.59. The number of allylic oxidation sites excluding steroid dienone is 2. The molecule has 0 saturated carbocycles. The molecule has 24 heavy (non-hydrogen) atoms. The Labute approximate surface area is 144 Å². The molecule has 0 spiro atoms. The van der Waals surface area contributed by atoms with Gasteiger partial charge in [-0.3, -0.25) is 14.4 Å². The molecule has 0 aliphatic heterocycles. The molecule has 1 aromatic rings. The maximum atomic E-state index is 12.7. The van der Waals surface area contributed by atoms with Gasteiger partial charge in [0.05, 0.1) is 17.4 Å². The van der Waals surface area contributed by atoms with Crippen LogP contribution >= 0.6 is 11.3 Å². The number of amides is 2. The van der Waals surface area contributed by atoms with Gasteiger partial charge in [-0.2, -0.15) is 0 Å². The average molecular weight is 350 g/mol. The number of anilines is 1. The van der Waals surface area contributed by atoms with Crippen LogP contribution in [0.3, 0.4) is 0 Å². The number of nitrogens with two attached hydrogens (primary N) is 1. The first-order chi connectivity index (χ1) is 11.1. The van der Waals surface area contributed by atoms with Crippen molar-refractivity contribution in [3.63, 3.8) is 0 Å². The van der Waals surface area contributed by atoms with Crippen LogP contribution in [0.15, 0.2) is 11.1 Å². The van der Waals surface area contributed by atoms with Crippen LogP contribution in [-0.2, 0) is 9.59 Å². The maximum absolute atomic E-state index is 12.7. The number of rotatable bonds is 4. The second kappa shape index (κ2) is 6.76. The molecule has 0 aromatic carbocycles. The van der Waals surface area contributed by atoms with E-state index in [0.717, 1.165) is 21.6 Å². The van der Waals surface area contributed by atoms with Gasteiger partial charge in [0.15, 0.2) is 0 Å². The molecular weight excluding hydrogens is 328 g/mol. The van der Waals surface area contributed by atoms with Gasteiger partial charge in [0, 0.05) is 4.88 Å². The number of carbonyl (C=O) groups excluding carboxylic acids is 2. The highest BCUT2D eigenvalue weighted by Gasteiger charge is 2.37. The van der Waals surface area contributed by atoms with E-state index in [1.54, 1.807) is 6.92 Å². The average Bonchev–Trinajstić information content (AvgIpc) is 2.75. The minimum atomic E-state index is -0.976. The fourth-order valence-corrected chi connectivity index (χ4v) is 4.11. The summed E-state index contributed by atoms with van der Waals surface area (Å²) in [6, 6.07) is 0. The number of carbonyl (C=O) groups is 3. The monoisotopic (exact) mass is 350 g/mol. The zero-order valence-corrected chi connectivity index (χ0v) is 15.0. The first-order valence-corrected chi connectivity index (χ1v) is 8.53. The molecule has 6 nitrogen and oxygen atoms in total. The summed E-state index contributed by atoms with van der Waals surface area (Å²) in [5, 5.41) is 12.6. The number of aliphatic carboxylic acids is 1. The SMILES string of the molecule is CC1=C(C)C[C@@H](C(=O)Nc2sc(C)c(C)c2C(N)=O)[C@@H](C(=O)O)C1. The van der Waals surface area contributed by atoms with Crippen molar-refractivity contribution in [3.8, 4) is 0 Å². The van der Waals surface area contributed by atoms with Crippen LogP contribution in [0.5, 0.6) is 0 Å². The van der Waals surface area contributed by atoms with Gasteiger partial charge in [0.25, 0.3) is 5.91 Å². The van der Waals surface area contributed by atoms with Crippen molar-refractivity contribution in [2.24, 2.45) is 17.6 Å². The van der Waals surface area contributed by atoms with Crippen LogP contribution in [0.25, 0.3) is 0 Å². The van der Waals surface area contributed by atoms with Gasteiger partial charge in [-0.05, 0) is 46.1 Å². The largest absolute Gasteiger partial charge is 0.481 e. The van der Waals surface area contributed by atoms with Crippen molar-refractivity contribution in [2.75, 3.05) is 5.32 Å². The summed E-state index contributed by atoms with van der Waals surface area (Å²) in [5.41, 5.74) is 8.52. The molecular formula is C17H22N2O4S. The third-order valence-electron chi connectivity index (χ3n) is 4.79. The molecule has 1 aliphatic carbocycles. The molecule has 1 heterocycles. The number of primary amides is 1. The lowest BCUT2D eigenvalue weighted by molar-refractivity contribution is -0.146. The van der Waals surface area contributed by atoms with Crippen LogP contribution in [0, 0.1) is 25.7 Å². The summed E-state index contributed by atoms with van der Waals surface area (Å²) in [6.45, 7) is 7.44. The van der Waals surface area contributed by atoms with Crippen LogP contribution in [-0.4, -0.2) is 22.9 Å². The van der Waals surface area contributed by atoms with E-state index in [1.807, 2.05) is 20.8 Å². The molecule has 0 fully saturated rings. The second-order valence-electron chi connectivity index (χ2n) is 6.36. The Bertz CT molecular complexity index is 748. The fraction of sp³-hybridized carbons (Fsp3) is 0.471. The van der Waals surface area contributed by atoms with E-state index in [2.05, 4.69) is 5.32 Å². The van der Waals surface area contributed by atoms with Gasteiger partial charge in [0.1, 0.15) is 5.00 Å². The van der Waals surface area contributed by atoms with Gasteiger partial charge in [-0.15, -0.1) is 11.3 Å². The molecule has 4 N–H and O–H groups in total. The quantitative estimate of drug-likeness (QED) is 0.725. The zero-order valence-electron chi connectivity index (χ0n) is 14.2. The van der Waals surface area contributed by atoms with Crippen LogP contribution in [0.1, 0.15) is 47.5 Å². The number of carboxylic acid groups (broad SMARTS) is 1. The lowest BCUT2D eigenvalue weighted by Crippen LogP contribution is -2.36. The minimum Gasteiger partial charge on any atom is -0.481 e. The summed E-state index contributed by atoms with van der Waals surface area (Å²) in [6.07, 6.45) is 0.772. The van der Waals surface area contributed by atoms with E-state index < -0.39 is 23.7 Å². The Morgan fingerprint density at radius 3 is 2.12 bits per heavy atom. The normalized spacial score (nSPS) is 20.8. The van der Waals surface area contributed by atoms with Crippen LogP contribution in [0.4, 0.5) is 5.00 Å². The van der Waals surface area contributed by atoms with Crippen molar-refractivity contribution in [2.45, 2.75) is 40.5 Å². The van der Waals surface area contributed by atoms with Crippen LogP contribution in [0.2, 0.25) is 0 Å². The smallest absolute Gasteiger partial charge is 0.307 e. The highest BCUT2D eigenvalue weighted by molar-refractivity contribution is 7.16. The van der Waals surface area contributed by atoms with Crippen molar-refractivity contribution in [1.82, 2.24) is 0 Å². The molecule has 2 rings (SSSR count). The zero-order chi connectivity index (χ0) is 18.2. The number of hydrogen-bond donors (Lipinski definition) is 3. The molecule has 1 aliphatic rings. The Morgan fingerprint density at radius 1 is 1.08 bits per heavy atom. The first kappa shape index (κ1) is 18.2. The highest BCUT2D eigenvalue weighted by atomic mass is 32.1. The van der Waals surface area contributed by atoms with E-state index >= 15 is 0 Å². The third kappa shape index (κ3) is 3.36. The molecule has 0 radical (unpaired) electrons. The van der Waals surface area contributed by atoms with Crippen molar-refractivity contribution < 1.29 is 19.5 Å². The molecule has 0 unspecified atom stereocenters. The first-order valence-electron chi connectivity index (χ1n) is 7.72. The number of nitrogens with one attached hydrogen (secondary N) is 1. The number of thiophene rings is 1. The standard InChI is InChI=1S/C17H22N2O4S/c1-7-5-11(12(17(22)23)6-8(7)2)15(21)19-16-13(14(18)20)9(3)10(4)24-16/h11-12H,5-6H2,1-4H3,(H2,18,20)(H,19,21)(H,22,23)/t11-,12+/m1/s1. The Balaban J connectivity index is 2.31. The summed E-state index contributed by atoms with van der Waals surface area (Å²) in [7, 11) is 0. The highest BCUT2D eigenvalue weighted by Crippen LogP contribution is 2.37. The Hall–Kier alpha value is -2.15. The van der Waals surface area contributed by atoms with E-state index in [9.17, 15) is 19.5 Å². The minimum absolute atomic E-state index is 0.303. The molecule has 2 atom stereocenters. The van der Waals surface area contributed by atoms with Gasteiger partial charge in [-0.1, -0.05) is 11.1 Å². The predicted octanol–water partition coefficient (Wildman–Crippen LogP) is 2.85. The number of hydrogen-bond acceptors (Lipinski definition) is 4. The predicted molar refractivity (Wildman–Crippen MR) is 93.2 cm³/mol. The molecule has 0 bridgehead atoms. The van der Waals surface area contributed by atoms with E-state index in [4.69, 9.17) is 5.73 Å². The summed E-state index contributed by atoms with van der Waals surface area (Å²) in [5.74, 6) is -3.37. The van der Waals surface area contributed by atoms with E-state index in [1.165, 1.54) is 11.3 Å². The van der Waals surface area contributed by atoms with Gasteiger partial charge in [0.2, 0.25) is 5.91 Å². The summed E-state index contributed by atoms with van der Waals surface area (Å²) < 4.78 is 0. The van der Waals surface area contributed by atoms with E-state index in [-0.39, 0.29) is 5.91 Å². The lowest BCUT2D eigenvalue weighted by atomic mass is 9.76. The molecule has 7 heteroatoms. The maximum Gasteiger partial charge on any atom is 0.307 e. The van der Waals surface area contributed by atoms with Crippen molar-refractivity contribution in [3.05, 3.63) is 27.2 Å². The fourth-order valence-electron chi connectivity index (χ4n) is 3.04. The summed E-state index contributed by atoms with van der Waals surface area (Å²) in [4.78, 5) is 36.8. The molecule has 1 aromatic heterocycles. The Morgan fingerprint density at radius 2 is 1.62 bits per heavy atom. The summed E-state index contributed by atoms with van der Waals surface area (Å²) >= 11 is 1.28. The van der Waals surface area contributed by atoms with Crippen molar-refractivity contribution in [1.29, 1.82) is 0 Å². The topological polar surface area (TPSA) is 109 Å². The van der Waals surface area contributed by atoms with Gasteiger partial charge in [-0.25, -0.2) is 0 Å². The van der Waals surface area contributed by atoms with Crippen LogP contribution < -0.4 is 11.1 Å². The molecule has 2 amide bonds. The Kier molecular flexibility index (Phi) is 5.13. The number of aryl methyl sites for hydroxylation is 1. The lowest BCUT2D eigenvalue weighted by Gasteiger charge is -2.29. The van der Waals surface area contributed by atoms with Gasteiger partial charge < -0.3 is 16.2 Å². The van der Waals surface area contributed by atoms with E-state index in [0.29, 0.717) is 23.4 Å². The molecule has 0 saturated heterocycles. The third-order valence-corrected chi connectivity index (χ3v) is 5.91. The van der Waals surface area contributed by atoms with Crippen molar-refractivity contribution >= 4 is 34.1 Å². The number of carboxylic acids is 1.